The lowest BCUT2D eigenvalue weighted by molar-refractivity contribution is 0.0523. The third-order valence-electron chi connectivity index (χ3n) is 4.50. The molecule has 0 aliphatic carbocycles. The van der Waals surface area contributed by atoms with Gasteiger partial charge in [-0.1, -0.05) is 0 Å². The molecule has 0 saturated heterocycles. The number of aromatic nitrogens is 1. The number of ketones is 1. The molecule has 0 radical (unpaired) electrons. The number of benzene rings is 2. The molecule has 0 atom stereocenters. The number of rotatable bonds is 8. The summed E-state index contributed by atoms with van der Waals surface area (Å²) in [5.41, 5.74) is 2.13. The van der Waals surface area contributed by atoms with Gasteiger partial charge in [0.05, 0.1) is 25.8 Å². The van der Waals surface area contributed by atoms with Gasteiger partial charge in [0.25, 0.3) is 0 Å². The van der Waals surface area contributed by atoms with Gasteiger partial charge in [-0.25, -0.2) is 4.79 Å². The van der Waals surface area contributed by atoms with Gasteiger partial charge < -0.3 is 18.9 Å². The third kappa shape index (κ3) is 4.41. The van der Waals surface area contributed by atoms with Crippen LogP contribution in [0.2, 0.25) is 0 Å². The van der Waals surface area contributed by atoms with E-state index in [1.807, 2.05) is 12.1 Å². The smallest absolute Gasteiger partial charge is 0.341 e. The molecule has 1 aromatic heterocycles. The molecule has 0 aliphatic heterocycles. The molecular weight excluding hydrogens is 386 g/mol. The summed E-state index contributed by atoms with van der Waals surface area (Å²) in [4.78, 5) is 28.6. The van der Waals surface area contributed by atoms with Gasteiger partial charge in [-0.15, -0.1) is 0 Å². The Morgan fingerprint density at radius 1 is 1.00 bits per heavy atom. The van der Waals surface area contributed by atoms with Crippen molar-refractivity contribution in [2.45, 2.75) is 20.5 Å². The first-order valence-corrected chi connectivity index (χ1v) is 9.43. The predicted molar refractivity (Wildman–Crippen MR) is 111 cm³/mol. The fourth-order valence-corrected chi connectivity index (χ4v) is 3.06. The maximum absolute atomic E-state index is 12.5. The van der Waals surface area contributed by atoms with Crippen LogP contribution in [0.15, 0.2) is 42.6 Å². The van der Waals surface area contributed by atoms with Crippen molar-refractivity contribution in [2.75, 3.05) is 20.8 Å². The van der Waals surface area contributed by atoms with E-state index in [1.165, 1.54) is 13.0 Å². The SMILES string of the molecule is CCOC(=O)c1cc(C(C)=O)ccc1Oc1ccnc2cc(COC)c(OC)cc12. The zero-order valence-electron chi connectivity index (χ0n) is 17.4. The van der Waals surface area contributed by atoms with Crippen molar-refractivity contribution in [3.63, 3.8) is 0 Å². The van der Waals surface area contributed by atoms with E-state index in [0.717, 1.165) is 5.56 Å². The zero-order valence-corrected chi connectivity index (χ0v) is 17.4. The Kier molecular flexibility index (Phi) is 6.64. The molecule has 0 bridgehead atoms. The number of carbonyl (C=O) groups is 2. The third-order valence-corrected chi connectivity index (χ3v) is 4.50. The van der Waals surface area contributed by atoms with E-state index in [0.29, 0.717) is 34.6 Å². The van der Waals surface area contributed by atoms with Crippen LogP contribution < -0.4 is 9.47 Å². The van der Waals surface area contributed by atoms with E-state index in [4.69, 9.17) is 18.9 Å². The summed E-state index contributed by atoms with van der Waals surface area (Å²) in [5.74, 6) is 0.694. The number of Topliss-reactive ketones (excluding diaryl/α,β-unsaturated/α-hetero) is 1. The summed E-state index contributed by atoms with van der Waals surface area (Å²) in [6.07, 6.45) is 1.62. The van der Waals surface area contributed by atoms with Crippen LogP contribution >= 0.6 is 0 Å². The average molecular weight is 409 g/mol. The maximum Gasteiger partial charge on any atom is 0.341 e. The highest BCUT2D eigenvalue weighted by Crippen LogP contribution is 2.35. The molecule has 0 fully saturated rings. The van der Waals surface area contributed by atoms with Gasteiger partial charge in [0.2, 0.25) is 0 Å². The maximum atomic E-state index is 12.5. The van der Waals surface area contributed by atoms with Crippen molar-refractivity contribution in [3.8, 4) is 17.2 Å². The van der Waals surface area contributed by atoms with Crippen molar-refractivity contribution in [1.29, 1.82) is 0 Å². The van der Waals surface area contributed by atoms with Crippen molar-refractivity contribution in [2.24, 2.45) is 0 Å². The average Bonchev–Trinajstić information content (AvgIpc) is 2.74. The summed E-state index contributed by atoms with van der Waals surface area (Å²) < 4.78 is 21.9. The first-order valence-electron chi connectivity index (χ1n) is 9.43. The summed E-state index contributed by atoms with van der Waals surface area (Å²) in [5, 5.41) is 0.708. The number of hydrogen-bond donors (Lipinski definition) is 0. The van der Waals surface area contributed by atoms with Gasteiger partial charge in [0.15, 0.2) is 5.78 Å². The van der Waals surface area contributed by atoms with Crippen LogP contribution in [0.4, 0.5) is 0 Å². The van der Waals surface area contributed by atoms with Crippen LogP contribution in [-0.2, 0) is 16.1 Å². The first-order chi connectivity index (χ1) is 14.5. The minimum Gasteiger partial charge on any atom is -0.496 e. The normalized spacial score (nSPS) is 10.7. The molecule has 7 nitrogen and oxygen atoms in total. The van der Waals surface area contributed by atoms with Crippen molar-refractivity contribution in [3.05, 3.63) is 59.3 Å². The van der Waals surface area contributed by atoms with E-state index in [2.05, 4.69) is 4.98 Å². The first kappa shape index (κ1) is 21.3. The lowest BCUT2D eigenvalue weighted by Crippen LogP contribution is -2.08. The monoisotopic (exact) mass is 409 g/mol. The Morgan fingerprint density at radius 3 is 2.47 bits per heavy atom. The zero-order chi connectivity index (χ0) is 21.7. The molecule has 1 heterocycles. The highest BCUT2D eigenvalue weighted by atomic mass is 16.5. The minimum absolute atomic E-state index is 0.156. The number of carbonyl (C=O) groups excluding carboxylic acids is 2. The molecule has 7 heteroatoms. The number of pyridine rings is 1. The van der Waals surface area contributed by atoms with E-state index >= 15 is 0 Å². The van der Waals surface area contributed by atoms with Crippen LogP contribution in [0.1, 0.15) is 40.1 Å². The molecule has 3 rings (SSSR count). The second-order valence-electron chi connectivity index (χ2n) is 6.51. The van der Waals surface area contributed by atoms with E-state index in [-0.39, 0.29) is 23.7 Å². The van der Waals surface area contributed by atoms with Crippen molar-refractivity contribution < 1.29 is 28.5 Å². The summed E-state index contributed by atoms with van der Waals surface area (Å²) >= 11 is 0. The lowest BCUT2D eigenvalue weighted by Gasteiger charge is -2.15. The number of esters is 1. The van der Waals surface area contributed by atoms with Crippen LogP contribution in [0.25, 0.3) is 10.9 Å². The lowest BCUT2D eigenvalue weighted by atomic mass is 10.1. The van der Waals surface area contributed by atoms with E-state index in [9.17, 15) is 9.59 Å². The van der Waals surface area contributed by atoms with Gasteiger partial charge in [-0.05, 0) is 50.2 Å². The Balaban J connectivity index is 2.09. The largest absolute Gasteiger partial charge is 0.496 e. The van der Waals surface area contributed by atoms with E-state index in [1.54, 1.807) is 45.5 Å². The molecular formula is C23H23NO6. The fourth-order valence-electron chi connectivity index (χ4n) is 3.06. The highest BCUT2D eigenvalue weighted by molar-refractivity contribution is 5.99. The minimum atomic E-state index is -0.561. The molecule has 2 aromatic carbocycles. The molecule has 0 N–H and O–H groups in total. The second kappa shape index (κ2) is 9.37. The Bertz CT molecular complexity index is 1090. The quantitative estimate of drug-likeness (QED) is 0.398. The topological polar surface area (TPSA) is 84.0 Å². The Labute approximate surface area is 174 Å². The molecule has 0 aliphatic rings. The molecule has 0 spiro atoms. The molecule has 3 aromatic rings. The van der Waals surface area contributed by atoms with Gasteiger partial charge in [-0.2, -0.15) is 0 Å². The molecule has 0 unspecified atom stereocenters. The number of ether oxygens (including phenoxy) is 4. The summed E-state index contributed by atoms with van der Waals surface area (Å²) in [6.45, 7) is 3.74. The second-order valence-corrected chi connectivity index (χ2v) is 6.51. The van der Waals surface area contributed by atoms with Crippen molar-refractivity contribution in [1.82, 2.24) is 4.98 Å². The fraction of sp³-hybridized carbons (Fsp3) is 0.261. The molecule has 30 heavy (non-hydrogen) atoms. The number of hydrogen-bond acceptors (Lipinski definition) is 7. The van der Waals surface area contributed by atoms with Gasteiger partial charge in [0, 0.05) is 29.8 Å². The van der Waals surface area contributed by atoms with Crippen LogP contribution in [0, 0.1) is 0 Å². The van der Waals surface area contributed by atoms with Crippen LogP contribution in [0.3, 0.4) is 0 Å². The Morgan fingerprint density at radius 2 is 1.80 bits per heavy atom. The van der Waals surface area contributed by atoms with Crippen LogP contribution in [-0.4, -0.2) is 37.6 Å². The summed E-state index contributed by atoms with van der Waals surface area (Å²) in [7, 11) is 3.19. The van der Waals surface area contributed by atoms with Gasteiger partial charge in [-0.3, -0.25) is 9.78 Å². The van der Waals surface area contributed by atoms with E-state index < -0.39 is 5.97 Å². The molecule has 0 amide bonds. The van der Waals surface area contributed by atoms with Crippen molar-refractivity contribution >= 4 is 22.7 Å². The molecule has 0 saturated carbocycles. The summed E-state index contributed by atoms with van der Waals surface area (Å²) in [6, 6.07) is 10.1. The highest BCUT2D eigenvalue weighted by Gasteiger charge is 2.18. The number of fused-ring (bicyclic) bond motifs is 1. The Hall–Kier alpha value is -3.45. The standard InChI is InChI=1S/C23H23NO6/c1-5-29-23(26)18-10-15(14(2)25)6-7-20(18)30-21-8-9-24-19-11-16(13-27-3)22(28-4)12-17(19)21/h6-12H,5,13H2,1-4H3. The van der Waals surface area contributed by atoms with Crippen LogP contribution in [0.5, 0.6) is 17.2 Å². The number of nitrogens with zero attached hydrogens (tertiary/aromatic N) is 1. The van der Waals surface area contributed by atoms with Gasteiger partial charge in [0.1, 0.15) is 22.8 Å². The molecule has 156 valence electrons. The predicted octanol–water partition coefficient (Wildman–Crippen LogP) is 4.56. The number of methoxy groups -OCH3 is 2. The van der Waals surface area contributed by atoms with Gasteiger partial charge >= 0.3 is 5.97 Å².